The Kier molecular flexibility index (Phi) is 3.39. The van der Waals surface area contributed by atoms with Crippen molar-refractivity contribution in [2.24, 2.45) is 0 Å². The van der Waals surface area contributed by atoms with Crippen molar-refractivity contribution >= 4 is 17.3 Å². The largest absolute Gasteiger partial charge is 0.399 e. The molecule has 88 valence electrons. The molecule has 0 fully saturated rings. The van der Waals surface area contributed by atoms with E-state index >= 15 is 0 Å². The van der Waals surface area contributed by atoms with Gasteiger partial charge in [-0.15, -0.1) is 0 Å². The minimum Gasteiger partial charge on any atom is -0.399 e. The quantitative estimate of drug-likeness (QED) is 0.762. The van der Waals surface area contributed by atoms with Gasteiger partial charge in [-0.3, -0.25) is 0 Å². The Morgan fingerprint density at radius 2 is 1.65 bits per heavy atom. The van der Waals surface area contributed by atoms with Gasteiger partial charge in [0, 0.05) is 11.3 Å². The first-order chi connectivity index (χ1) is 8.08. The lowest BCUT2D eigenvalue weighted by molar-refractivity contribution is 0.867. The third-order valence-corrected chi connectivity index (χ3v) is 3.19. The van der Waals surface area contributed by atoms with E-state index in [4.69, 9.17) is 17.3 Å². The molecule has 2 N–H and O–H groups in total. The summed E-state index contributed by atoms with van der Waals surface area (Å²) in [6.07, 6.45) is 0. The van der Waals surface area contributed by atoms with Crippen LogP contribution in [0.3, 0.4) is 0 Å². The zero-order valence-electron chi connectivity index (χ0n) is 10.1. The molecule has 1 nitrogen and oxygen atoms in total. The maximum Gasteiger partial charge on any atom is 0.0504 e. The van der Waals surface area contributed by atoms with Crippen LogP contribution in [-0.2, 0) is 0 Å². The average Bonchev–Trinajstić information content (AvgIpc) is 2.29. The van der Waals surface area contributed by atoms with Gasteiger partial charge in [0.1, 0.15) is 0 Å². The molecular formula is C15H16ClN. The van der Waals surface area contributed by atoms with Gasteiger partial charge >= 0.3 is 0 Å². The van der Waals surface area contributed by atoms with Gasteiger partial charge in [0.25, 0.3) is 0 Å². The van der Waals surface area contributed by atoms with Crippen LogP contribution in [0.15, 0.2) is 42.5 Å². The number of hydrogen-bond acceptors (Lipinski definition) is 1. The molecule has 0 unspecified atom stereocenters. The van der Waals surface area contributed by atoms with Crippen molar-refractivity contribution in [1.82, 2.24) is 0 Å². The van der Waals surface area contributed by atoms with E-state index in [1.807, 2.05) is 12.1 Å². The first-order valence-corrected chi connectivity index (χ1v) is 6.11. The molecule has 2 aromatic carbocycles. The van der Waals surface area contributed by atoms with Crippen molar-refractivity contribution in [2.75, 3.05) is 5.73 Å². The zero-order chi connectivity index (χ0) is 12.4. The highest BCUT2D eigenvalue weighted by Crippen LogP contribution is 2.30. The van der Waals surface area contributed by atoms with Gasteiger partial charge in [-0.05, 0) is 29.2 Å². The molecule has 0 bridgehead atoms. The summed E-state index contributed by atoms with van der Waals surface area (Å²) in [7, 11) is 0. The molecule has 0 spiro atoms. The Labute approximate surface area is 107 Å². The Balaban J connectivity index is 2.40. The van der Waals surface area contributed by atoms with Gasteiger partial charge < -0.3 is 5.73 Å². The third kappa shape index (κ3) is 2.62. The van der Waals surface area contributed by atoms with E-state index < -0.39 is 0 Å². The topological polar surface area (TPSA) is 26.0 Å². The molecule has 2 aromatic rings. The minimum absolute atomic E-state index is 0.547. The highest BCUT2D eigenvalue weighted by atomic mass is 35.5. The number of hydrogen-bond donors (Lipinski definition) is 1. The smallest absolute Gasteiger partial charge is 0.0504 e. The van der Waals surface area contributed by atoms with Crippen LogP contribution >= 0.6 is 11.6 Å². The molecule has 0 heterocycles. The summed E-state index contributed by atoms with van der Waals surface area (Å²) in [5, 5.41) is 0.697. The molecule has 17 heavy (non-hydrogen) atoms. The van der Waals surface area contributed by atoms with E-state index in [-0.39, 0.29) is 0 Å². The first-order valence-electron chi connectivity index (χ1n) is 5.73. The Morgan fingerprint density at radius 3 is 2.18 bits per heavy atom. The van der Waals surface area contributed by atoms with Crippen LogP contribution in [0, 0.1) is 0 Å². The SMILES string of the molecule is CC(C)c1ccc(-c2ccc(N)cc2Cl)cc1. The summed E-state index contributed by atoms with van der Waals surface area (Å²) in [6, 6.07) is 14.1. The maximum absolute atomic E-state index is 6.19. The van der Waals surface area contributed by atoms with Crippen LogP contribution in [0.1, 0.15) is 25.3 Å². The van der Waals surface area contributed by atoms with Crippen molar-refractivity contribution in [3.63, 3.8) is 0 Å². The second-order valence-corrected chi connectivity index (χ2v) is 4.92. The van der Waals surface area contributed by atoms with Crippen LogP contribution in [0.25, 0.3) is 11.1 Å². The molecule has 2 rings (SSSR count). The monoisotopic (exact) mass is 245 g/mol. The zero-order valence-corrected chi connectivity index (χ0v) is 10.8. The summed E-state index contributed by atoms with van der Waals surface area (Å²) in [4.78, 5) is 0. The van der Waals surface area contributed by atoms with Crippen molar-refractivity contribution < 1.29 is 0 Å². The van der Waals surface area contributed by atoms with Gasteiger partial charge in [-0.1, -0.05) is 55.8 Å². The normalized spacial score (nSPS) is 10.8. The Hall–Kier alpha value is -1.47. The lowest BCUT2D eigenvalue weighted by Crippen LogP contribution is -1.88. The summed E-state index contributed by atoms with van der Waals surface area (Å²) in [6.45, 7) is 4.37. The Morgan fingerprint density at radius 1 is 1.00 bits per heavy atom. The molecule has 0 saturated heterocycles. The van der Waals surface area contributed by atoms with Crippen molar-refractivity contribution in [1.29, 1.82) is 0 Å². The number of nitrogens with two attached hydrogens (primary N) is 1. The molecule has 0 radical (unpaired) electrons. The molecule has 2 heteroatoms. The number of benzene rings is 2. The molecule has 0 amide bonds. The molecule has 0 aliphatic carbocycles. The standard InChI is InChI=1S/C15H16ClN/c1-10(2)11-3-5-12(6-4-11)14-8-7-13(17)9-15(14)16/h3-10H,17H2,1-2H3. The highest BCUT2D eigenvalue weighted by molar-refractivity contribution is 6.33. The fraction of sp³-hybridized carbons (Fsp3) is 0.200. The molecule has 0 aliphatic rings. The van der Waals surface area contributed by atoms with E-state index in [0.29, 0.717) is 16.6 Å². The summed E-state index contributed by atoms with van der Waals surface area (Å²) in [5.74, 6) is 0.547. The molecule has 0 aliphatic heterocycles. The van der Waals surface area contributed by atoms with E-state index in [2.05, 4.69) is 38.1 Å². The van der Waals surface area contributed by atoms with Crippen molar-refractivity contribution in [3.8, 4) is 11.1 Å². The van der Waals surface area contributed by atoms with Crippen LogP contribution in [0.4, 0.5) is 5.69 Å². The van der Waals surface area contributed by atoms with Crippen LogP contribution in [-0.4, -0.2) is 0 Å². The molecule has 0 aromatic heterocycles. The Bertz CT molecular complexity index is 515. The van der Waals surface area contributed by atoms with Gasteiger partial charge in [0.05, 0.1) is 5.02 Å². The van der Waals surface area contributed by atoms with E-state index in [1.165, 1.54) is 5.56 Å². The summed E-state index contributed by atoms with van der Waals surface area (Å²) in [5.41, 5.74) is 9.86. The van der Waals surface area contributed by atoms with Gasteiger partial charge in [0.15, 0.2) is 0 Å². The average molecular weight is 246 g/mol. The molecule has 0 atom stereocenters. The lowest BCUT2D eigenvalue weighted by atomic mass is 9.99. The lowest BCUT2D eigenvalue weighted by Gasteiger charge is -2.08. The van der Waals surface area contributed by atoms with Gasteiger partial charge in [0.2, 0.25) is 0 Å². The van der Waals surface area contributed by atoms with Crippen LogP contribution < -0.4 is 5.73 Å². The number of nitrogen functional groups attached to an aromatic ring is 1. The first kappa shape index (κ1) is 12.0. The maximum atomic E-state index is 6.19. The van der Waals surface area contributed by atoms with Crippen LogP contribution in [0.5, 0.6) is 0 Å². The molecular weight excluding hydrogens is 230 g/mol. The fourth-order valence-corrected chi connectivity index (χ4v) is 2.11. The minimum atomic E-state index is 0.547. The number of rotatable bonds is 2. The number of halogens is 1. The molecule has 0 saturated carbocycles. The fourth-order valence-electron chi connectivity index (χ4n) is 1.81. The summed E-state index contributed by atoms with van der Waals surface area (Å²) >= 11 is 6.19. The van der Waals surface area contributed by atoms with E-state index in [0.717, 1.165) is 11.1 Å². The van der Waals surface area contributed by atoms with E-state index in [9.17, 15) is 0 Å². The van der Waals surface area contributed by atoms with Crippen molar-refractivity contribution in [3.05, 3.63) is 53.1 Å². The summed E-state index contributed by atoms with van der Waals surface area (Å²) < 4.78 is 0. The van der Waals surface area contributed by atoms with Crippen molar-refractivity contribution in [2.45, 2.75) is 19.8 Å². The number of anilines is 1. The van der Waals surface area contributed by atoms with Gasteiger partial charge in [-0.25, -0.2) is 0 Å². The predicted octanol–water partition coefficient (Wildman–Crippen LogP) is 4.71. The predicted molar refractivity (Wildman–Crippen MR) is 75.4 cm³/mol. The second-order valence-electron chi connectivity index (χ2n) is 4.52. The van der Waals surface area contributed by atoms with E-state index in [1.54, 1.807) is 6.07 Å². The van der Waals surface area contributed by atoms with Crippen LogP contribution in [0.2, 0.25) is 5.02 Å². The highest BCUT2D eigenvalue weighted by Gasteiger charge is 2.04. The van der Waals surface area contributed by atoms with Gasteiger partial charge in [-0.2, -0.15) is 0 Å². The second kappa shape index (κ2) is 4.80. The third-order valence-electron chi connectivity index (χ3n) is 2.88.